The van der Waals surface area contributed by atoms with Crippen LogP contribution in [0, 0.1) is 0 Å². The molecule has 1 heterocycles. The first kappa shape index (κ1) is 21.3. The molecule has 0 radical (unpaired) electrons. The van der Waals surface area contributed by atoms with E-state index in [0.29, 0.717) is 30.6 Å². The number of amides is 1. The average molecular weight is 371 g/mol. The third-order valence-electron chi connectivity index (χ3n) is 3.11. The summed E-state index contributed by atoms with van der Waals surface area (Å²) in [6.45, 7) is 11.3. The number of likely N-dealkylation sites (N-methyl/N-ethyl adjacent to an activating group) is 1. The van der Waals surface area contributed by atoms with Crippen molar-refractivity contribution in [1.29, 1.82) is 0 Å². The van der Waals surface area contributed by atoms with E-state index in [2.05, 4.69) is 24.3 Å². The van der Waals surface area contributed by atoms with E-state index in [9.17, 15) is 9.59 Å². The molecule has 1 rings (SSSR count). The minimum absolute atomic E-state index is 0.130. The zero-order valence-corrected chi connectivity index (χ0v) is 16.9. The van der Waals surface area contributed by atoms with Crippen LogP contribution < -0.4 is 10.9 Å². The Morgan fingerprint density at radius 2 is 2.12 bits per heavy atom. The number of aromatic nitrogens is 2. The van der Waals surface area contributed by atoms with E-state index >= 15 is 0 Å². The Morgan fingerprint density at radius 3 is 2.68 bits per heavy atom. The van der Waals surface area contributed by atoms with Crippen molar-refractivity contribution in [2.45, 2.75) is 52.0 Å². The van der Waals surface area contributed by atoms with Gasteiger partial charge in [-0.1, -0.05) is 13.8 Å². The molecule has 1 aromatic heterocycles. The van der Waals surface area contributed by atoms with E-state index in [0.717, 1.165) is 5.75 Å². The second-order valence-corrected chi connectivity index (χ2v) is 8.74. The van der Waals surface area contributed by atoms with Crippen molar-refractivity contribution in [2.75, 3.05) is 31.2 Å². The third-order valence-corrected chi connectivity index (χ3v) is 4.19. The quantitative estimate of drug-likeness (QED) is 0.758. The van der Waals surface area contributed by atoms with Gasteiger partial charge < -0.3 is 15.0 Å². The van der Waals surface area contributed by atoms with Crippen LogP contribution in [0.15, 0.2) is 17.1 Å². The van der Waals surface area contributed by atoms with Crippen LogP contribution in [-0.4, -0.2) is 57.5 Å². The van der Waals surface area contributed by atoms with Crippen LogP contribution >= 0.6 is 11.8 Å². The fourth-order valence-corrected chi connectivity index (χ4v) is 2.62. The SMILES string of the molecule is CC(C)SCCn1ncc(NCCN(C)C(=O)OC(C)(C)C)cc1=O. The van der Waals surface area contributed by atoms with E-state index < -0.39 is 5.60 Å². The minimum Gasteiger partial charge on any atom is -0.444 e. The number of hydrogen-bond donors (Lipinski definition) is 1. The smallest absolute Gasteiger partial charge is 0.410 e. The number of rotatable bonds is 8. The molecule has 0 saturated heterocycles. The molecule has 0 spiro atoms. The van der Waals surface area contributed by atoms with Gasteiger partial charge in [-0.05, 0) is 26.0 Å². The van der Waals surface area contributed by atoms with E-state index in [1.807, 2.05) is 20.8 Å². The average Bonchev–Trinajstić information content (AvgIpc) is 2.47. The zero-order valence-electron chi connectivity index (χ0n) is 16.0. The molecule has 0 aliphatic heterocycles. The molecule has 25 heavy (non-hydrogen) atoms. The highest BCUT2D eigenvalue weighted by Gasteiger charge is 2.19. The lowest BCUT2D eigenvalue weighted by Gasteiger charge is -2.24. The second kappa shape index (κ2) is 9.70. The number of aryl methyl sites for hydroxylation is 1. The van der Waals surface area contributed by atoms with Crippen LogP contribution in [0.3, 0.4) is 0 Å². The Balaban J connectivity index is 2.44. The van der Waals surface area contributed by atoms with E-state index in [-0.39, 0.29) is 11.7 Å². The number of thioether (sulfide) groups is 1. The maximum atomic E-state index is 12.0. The minimum atomic E-state index is -0.513. The van der Waals surface area contributed by atoms with Crippen LogP contribution in [0.2, 0.25) is 0 Å². The summed E-state index contributed by atoms with van der Waals surface area (Å²) < 4.78 is 6.75. The molecule has 0 bridgehead atoms. The summed E-state index contributed by atoms with van der Waals surface area (Å²) in [5, 5.41) is 7.83. The Labute approximate surface area is 154 Å². The normalized spacial score (nSPS) is 11.5. The monoisotopic (exact) mass is 370 g/mol. The fourth-order valence-electron chi connectivity index (χ4n) is 1.87. The molecule has 142 valence electrons. The fraction of sp³-hybridized carbons (Fsp3) is 0.706. The van der Waals surface area contributed by atoms with Crippen LogP contribution in [0.4, 0.5) is 10.5 Å². The van der Waals surface area contributed by atoms with Gasteiger partial charge in [0.05, 0.1) is 18.4 Å². The highest BCUT2D eigenvalue weighted by Crippen LogP contribution is 2.10. The van der Waals surface area contributed by atoms with Gasteiger partial charge >= 0.3 is 6.09 Å². The van der Waals surface area contributed by atoms with Crippen LogP contribution in [0.5, 0.6) is 0 Å². The lowest BCUT2D eigenvalue weighted by molar-refractivity contribution is 0.0305. The van der Waals surface area contributed by atoms with Crippen molar-refractivity contribution in [3.63, 3.8) is 0 Å². The number of carbonyl (C=O) groups is 1. The van der Waals surface area contributed by atoms with Crippen molar-refractivity contribution >= 4 is 23.5 Å². The van der Waals surface area contributed by atoms with Crippen molar-refractivity contribution < 1.29 is 9.53 Å². The van der Waals surface area contributed by atoms with Crippen LogP contribution in [0.1, 0.15) is 34.6 Å². The summed E-state index contributed by atoms with van der Waals surface area (Å²) in [6, 6.07) is 1.53. The summed E-state index contributed by atoms with van der Waals surface area (Å²) in [6.07, 6.45) is 1.26. The second-order valence-electron chi connectivity index (χ2n) is 7.05. The molecule has 1 aromatic rings. The van der Waals surface area contributed by atoms with Gasteiger partial charge in [0.25, 0.3) is 5.56 Å². The van der Waals surface area contributed by atoms with E-state index in [1.54, 1.807) is 25.0 Å². The first-order valence-corrected chi connectivity index (χ1v) is 9.50. The Morgan fingerprint density at radius 1 is 1.44 bits per heavy atom. The van der Waals surface area contributed by atoms with Gasteiger partial charge in [-0.15, -0.1) is 0 Å². The Hall–Kier alpha value is -1.70. The van der Waals surface area contributed by atoms with E-state index in [1.165, 1.54) is 15.6 Å². The molecule has 0 aliphatic carbocycles. The predicted molar refractivity (Wildman–Crippen MR) is 103 cm³/mol. The van der Waals surface area contributed by atoms with Gasteiger partial charge in [0.2, 0.25) is 0 Å². The number of nitrogens with zero attached hydrogens (tertiary/aromatic N) is 3. The van der Waals surface area contributed by atoms with Gasteiger partial charge in [0.15, 0.2) is 0 Å². The molecule has 0 aliphatic rings. The molecule has 0 saturated carbocycles. The Kier molecular flexibility index (Phi) is 8.28. The molecule has 0 atom stereocenters. The lowest BCUT2D eigenvalue weighted by atomic mass is 10.2. The van der Waals surface area contributed by atoms with Gasteiger partial charge in [-0.3, -0.25) is 4.79 Å². The zero-order chi connectivity index (χ0) is 19.0. The maximum Gasteiger partial charge on any atom is 0.410 e. The van der Waals surface area contributed by atoms with Gasteiger partial charge in [0, 0.05) is 32.0 Å². The summed E-state index contributed by atoms with van der Waals surface area (Å²) in [5.41, 5.74) is 0.00587. The van der Waals surface area contributed by atoms with Crippen molar-refractivity contribution in [3.8, 4) is 0 Å². The van der Waals surface area contributed by atoms with Gasteiger partial charge in [-0.2, -0.15) is 16.9 Å². The summed E-state index contributed by atoms with van der Waals surface area (Å²) in [7, 11) is 1.68. The third kappa shape index (κ3) is 8.81. The van der Waals surface area contributed by atoms with E-state index in [4.69, 9.17) is 4.74 Å². The number of nitrogens with one attached hydrogen (secondary N) is 1. The van der Waals surface area contributed by atoms with Gasteiger partial charge in [0.1, 0.15) is 5.60 Å². The number of carbonyl (C=O) groups excluding carboxylic acids is 1. The summed E-state index contributed by atoms with van der Waals surface area (Å²) >= 11 is 1.80. The van der Waals surface area contributed by atoms with Crippen molar-refractivity contribution in [2.24, 2.45) is 0 Å². The largest absolute Gasteiger partial charge is 0.444 e. The predicted octanol–water partition coefficient (Wildman–Crippen LogP) is 2.66. The topological polar surface area (TPSA) is 76.5 Å². The molecule has 1 N–H and O–H groups in total. The molecular weight excluding hydrogens is 340 g/mol. The molecule has 7 nitrogen and oxygen atoms in total. The number of ether oxygens (including phenoxy) is 1. The lowest BCUT2D eigenvalue weighted by Crippen LogP contribution is -2.36. The summed E-state index contributed by atoms with van der Waals surface area (Å²) in [4.78, 5) is 25.4. The number of anilines is 1. The first-order chi connectivity index (χ1) is 11.6. The molecule has 0 fully saturated rings. The standard InChI is InChI=1S/C17H30N4O3S/c1-13(2)25-10-9-21-15(22)11-14(12-19-21)18-7-8-20(6)16(23)24-17(3,4)5/h11-13,18H,7-10H2,1-6H3. The highest BCUT2D eigenvalue weighted by atomic mass is 32.2. The van der Waals surface area contributed by atoms with Crippen molar-refractivity contribution in [1.82, 2.24) is 14.7 Å². The van der Waals surface area contributed by atoms with Gasteiger partial charge in [-0.25, -0.2) is 9.48 Å². The molecule has 0 unspecified atom stereocenters. The summed E-state index contributed by atoms with van der Waals surface area (Å²) in [5.74, 6) is 0.859. The van der Waals surface area contributed by atoms with Crippen LogP contribution in [-0.2, 0) is 11.3 Å². The number of hydrogen-bond acceptors (Lipinski definition) is 6. The Bertz CT molecular complexity index is 611. The molecule has 0 aromatic carbocycles. The highest BCUT2D eigenvalue weighted by molar-refractivity contribution is 7.99. The molecule has 1 amide bonds. The molecule has 8 heteroatoms. The first-order valence-electron chi connectivity index (χ1n) is 8.45. The maximum absolute atomic E-state index is 12.0. The van der Waals surface area contributed by atoms with Crippen LogP contribution in [0.25, 0.3) is 0 Å². The van der Waals surface area contributed by atoms with Crippen molar-refractivity contribution in [3.05, 3.63) is 22.6 Å². The molecular formula is C17H30N4O3S.